The van der Waals surface area contributed by atoms with E-state index in [0.717, 1.165) is 12.1 Å². The molecule has 2 amide bonds. The van der Waals surface area contributed by atoms with E-state index in [1.807, 2.05) is 0 Å². The van der Waals surface area contributed by atoms with Crippen LogP contribution in [0.25, 0.3) is 0 Å². The molecule has 24 heavy (non-hydrogen) atoms. The van der Waals surface area contributed by atoms with Crippen LogP contribution in [0.3, 0.4) is 0 Å². The highest BCUT2D eigenvalue weighted by molar-refractivity contribution is 6.37. The second kappa shape index (κ2) is 6.30. The number of nitrogens with one attached hydrogen (secondary N) is 2. The largest absolute Gasteiger partial charge is 0.479 e. The van der Waals surface area contributed by atoms with Crippen molar-refractivity contribution < 1.29 is 18.7 Å². The Morgan fingerprint density at radius 1 is 1.25 bits per heavy atom. The van der Waals surface area contributed by atoms with Crippen LogP contribution in [-0.2, 0) is 4.79 Å². The van der Waals surface area contributed by atoms with Crippen molar-refractivity contribution in [3.05, 3.63) is 51.8 Å². The molecule has 0 bridgehead atoms. The van der Waals surface area contributed by atoms with Gasteiger partial charge in [0.15, 0.2) is 6.10 Å². The van der Waals surface area contributed by atoms with Crippen LogP contribution in [0.15, 0.2) is 30.3 Å². The Kier molecular flexibility index (Phi) is 4.34. The maximum absolute atomic E-state index is 13.5. The molecule has 0 spiro atoms. The first kappa shape index (κ1) is 16.5. The monoisotopic (exact) mass is 368 g/mol. The maximum Gasteiger partial charge on any atom is 0.265 e. The third-order valence-corrected chi connectivity index (χ3v) is 4.03. The van der Waals surface area contributed by atoms with Gasteiger partial charge in [-0.3, -0.25) is 9.59 Å². The number of halogens is 3. The van der Waals surface area contributed by atoms with E-state index < -0.39 is 17.8 Å². The van der Waals surface area contributed by atoms with Crippen molar-refractivity contribution in [1.82, 2.24) is 0 Å². The number of carbonyl (C=O) groups is 2. The topological polar surface area (TPSA) is 67.4 Å². The van der Waals surface area contributed by atoms with Crippen LogP contribution >= 0.6 is 23.2 Å². The van der Waals surface area contributed by atoms with Crippen LogP contribution in [-0.4, -0.2) is 17.9 Å². The van der Waals surface area contributed by atoms with Crippen LogP contribution < -0.4 is 15.4 Å². The lowest BCUT2D eigenvalue weighted by atomic mass is 10.1. The average Bonchev–Trinajstić information content (AvgIpc) is 2.52. The molecule has 2 N–H and O–H groups in total. The minimum absolute atomic E-state index is 0.0299. The van der Waals surface area contributed by atoms with Crippen LogP contribution in [0.1, 0.15) is 17.3 Å². The van der Waals surface area contributed by atoms with Crippen LogP contribution in [0.5, 0.6) is 5.75 Å². The van der Waals surface area contributed by atoms with Gasteiger partial charge in [-0.1, -0.05) is 23.2 Å². The van der Waals surface area contributed by atoms with Gasteiger partial charge in [-0.15, -0.1) is 0 Å². The van der Waals surface area contributed by atoms with Gasteiger partial charge in [0.1, 0.15) is 11.6 Å². The van der Waals surface area contributed by atoms with Crippen LogP contribution in [0, 0.1) is 5.82 Å². The third-order valence-electron chi connectivity index (χ3n) is 3.42. The standard InChI is InChI=1S/C16H11Cl2FN2O3/c1-7-15(22)21-13-4-8(2-3-14(13)24-7)20-16(23)9-5-12(19)11(18)6-10(9)17/h2-7H,1H3,(H,20,23)(H,21,22)/t7-/m1/s1. The lowest BCUT2D eigenvalue weighted by Crippen LogP contribution is -2.34. The first-order valence-corrected chi connectivity index (χ1v) is 7.68. The number of hydrogen-bond donors (Lipinski definition) is 2. The summed E-state index contributed by atoms with van der Waals surface area (Å²) < 4.78 is 19.0. The smallest absolute Gasteiger partial charge is 0.265 e. The maximum atomic E-state index is 13.5. The first-order valence-electron chi connectivity index (χ1n) is 6.92. The van der Waals surface area contributed by atoms with E-state index in [1.165, 1.54) is 6.07 Å². The summed E-state index contributed by atoms with van der Waals surface area (Å²) >= 11 is 11.5. The highest BCUT2D eigenvalue weighted by Crippen LogP contribution is 2.32. The molecule has 0 aromatic heterocycles. The van der Waals surface area contributed by atoms with E-state index in [9.17, 15) is 14.0 Å². The summed E-state index contributed by atoms with van der Waals surface area (Å²) in [6.45, 7) is 1.63. The molecule has 0 fully saturated rings. The molecular weight excluding hydrogens is 358 g/mol. The molecule has 1 aliphatic rings. The van der Waals surface area contributed by atoms with Gasteiger partial charge >= 0.3 is 0 Å². The Hall–Kier alpha value is -2.31. The summed E-state index contributed by atoms with van der Waals surface area (Å²) in [6.07, 6.45) is -0.589. The van der Waals surface area contributed by atoms with E-state index >= 15 is 0 Å². The van der Waals surface area contributed by atoms with Crippen LogP contribution in [0.2, 0.25) is 10.0 Å². The number of fused-ring (bicyclic) bond motifs is 1. The van der Waals surface area contributed by atoms with Gasteiger partial charge in [0.2, 0.25) is 0 Å². The number of carbonyl (C=O) groups excluding carboxylic acids is 2. The molecule has 124 valence electrons. The van der Waals surface area contributed by atoms with E-state index in [4.69, 9.17) is 27.9 Å². The van der Waals surface area contributed by atoms with Crippen molar-refractivity contribution in [1.29, 1.82) is 0 Å². The molecule has 0 saturated carbocycles. The molecular formula is C16H11Cl2FN2O3. The molecule has 8 heteroatoms. The average molecular weight is 369 g/mol. The molecule has 0 unspecified atom stereocenters. The molecule has 3 rings (SSSR count). The van der Waals surface area contributed by atoms with Crippen molar-refractivity contribution in [3.8, 4) is 5.75 Å². The first-order chi connectivity index (χ1) is 11.3. The van der Waals surface area contributed by atoms with Crippen molar-refractivity contribution >= 4 is 46.4 Å². The van der Waals surface area contributed by atoms with Crippen molar-refractivity contribution in [2.24, 2.45) is 0 Å². The summed E-state index contributed by atoms with van der Waals surface area (Å²) in [6, 6.07) is 6.88. The molecule has 1 aliphatic heterocycles. The highest BCUT2D eigenvalue weighted by atomic mass is 35.5. The highest BCUT2D eigenvalue weighted by Gasteiger charge is 2.24. The minimum Gasteiger partial charge on any atom is -0.479 e. The summed E-state index contributed by atoms with van der Waals surface area (Å²) in [5.41, 5.74) is 0.776. The van der Waals surface area contributed by atoms with Crippen molar-refractivity contribution in [2.75, 3.05) is 10.6 Å². The zero-order chi connectivity index (χ0) is 17.4. The zero-order valence-corrected chi connectivity index (χ0v) is 13.8. The Labute approximate surface area is 146 Å². The predicted octanol–water partition coefficient (Wildman–Crippen LogP) is 4.10. The SMILES string of the molecule is C[C@H]1Oc2ccc(NC(=O)c3cc(F)c(Cl)cc3Cl)cc2NC1=O. The van der Waals surface area contributed by atoms with E-state index in [0.29, 0.717) is 17.1 Å². The number of rotatable bonds is 2. The van der Waals surface area contributed by atoms with Gasteiger partial charge in [0, 0.05) is 5.69 Å². The third kappa shape index (κ3) is 3.16. The van der Waals surface area contributed by atoms with Gasteiger partial charge in [-0.2, -0.15) is 0 Å². The van der Waals surface area contributed by atoms with Gasteiger partial charge in [-0.25, -0.2) is 4.39 Å². The number of amides is 2. The number of hydrogen-bond acceptors (Lipinski definition) is 3. The molecule has 2 aromatic rings. The van der Waals surface area contributed by atoms with E-state index in [-0.39, 0.29) is 21.5 Å². The Bertz CT molecular complexity index is 857. The van der Waals surface area contributed by atoms with Gasteiger partial charge in [-0.05, 0) is 37.3 Å². The summed E-state index contributed by atoms with van der Waals surface area (Å²) in [4.78, 5) is 23.9. The van der Waals surface area contributed by atoms with Crippen molar-refractivity contribution in [3.63, 3.8) is 0 Å². The van der Waals surface area contributed by atoms with Crippen LogP contribution in [0.4, 0.5) is 15.8 Å². The quantitative estimate of drug-likeness (QED) is 0.784. The normalized spacial score (nSPS) is 16.0. The molecule has 1 heterocycles. The summed E-state index contributed by atoms with van der Waals surface area (Å²) in [7, 11) is 0. The van der Waals surface area contributed by atoms with Gasteiger partial charge < -0.3 is 15.4 Å². The summed E-state index contributed by atoms with van der Waals surface area (Å²) in [5.74, 6) is -1.14. The van der Waals surface area contributed by atoms with Gasteiger partial charge in [0.25, 0.3) is 11.8 Å². The Morgan fingerprint density at radius 3 is 2.75 bits per heavy atom. The fourth-order valence-corrected chi connectivity index (χ4v) is 2.65. The number of ether oxygens (including phenoxy) is 1. The molecule has 1 atom stereocenters. The Morgan fingerprint density at radius 2 is 2.00 bits per heavy atom. The van der Waals surface area contributed by atoms with Crippen molar-refractivity contribution in [2.45, 2.75) is 13.0 Å². The second-order valence-electron chi connectivity index (χ2n) is 5.16. The predicted molar refractivity (Wildman–Crippen MR) is 89.5 cm³/mol. The molecule has 0 aliphatic carbocycles. The molecule has 2 aromatic carbocycles. The van der Waals surface area contributed by atoms with Gasteiger partial charge in [0.05, 0.1) is 21.3 Å². The molecule has 0 saturated heterocycles. The Balaban J connectivity index is 1.84. The zero-order valence-electron chi connectivity index (χ0n) is 12.3. The minimum atomic E-state index is -0.744. The second-order valence-corrected chi connectivity index (χ2v) is 5.97. The lowest BCUT2D eigenvalue weighted by Gasteiger charge is -2.23. The number of anilines is 2. The number of benzene rings is 2. The molecule has 5 nitrogen and oxygen atoms in total. The molecule has 0 radical (unpaired) electrons. The summed E-state index contributed by atoms with van der Waals surface area (Å²) in [5, 5.41) is 5.12. The fourth-order valence-electron chi connectivity index (χ4n) is 2.18. The van der Waals surface area contributed by atoms with E-state index in [1.54, 1.807) is 19.1 Å². The van der Waals surface area contributed by atoms with E-state index in [2.05, 4.69) is 10.6 Å². The lowest BCUT2D eigenvalue weighted by molar-refractivity contribution is -0.122. The fraction of sp³-hybridized carbons (Fsp3) is 0.125.